The molecule has 0 heterocycles. The summed E-state index contributed by atoms with van der Waals surface area (Å²) in [6.07, 6.45) is 4.16. The van der Waals surface area contributed by atoms with Crippen molar-refractivity contribution in [3.8, 4) is 44.5 Å². The third-order valence-electron chi connectivity index (χ3n) is 13.0. The molecule has 3 N–H and O–H groups in total. The molecule has 0 radical (unpaired) electrons. The minimum Gasteiger partial charge on any atom is -0.312 e. The number of nitrogens with two attached hydrogens (primary N) is 1. The van der Waals surface area contributed by atoms with Crippen molar-refractivity contribution < 1.29 is 0 Å². The van der Waals surface area contributed by atoms with Crippen molar-refractivity contribution in [3.05, 3.63) is 221 Å². The monoisotopic (exact) mass is 748 g/mol. The first-order chi connectivity index (χ1) is 28.2. The van der Waals surface area contributed by atoms with Gasteiger partial charge in [0.2, 0.25) is 0 Å². The lowest BCUT2D eigenvalue weighted by atomic mass is 9.81. The number of nitrogens with one attached hydrogen (secondary N) is 1. The Hall–Kier alpha value is -6.32. The van der Waals surface area contributed by atoms with Crippen LogP contribution in [-0.2, 0) is 10.8 Å². The van der Waals surface area contributed by atoms with Gasteiger partial charge in [-0.1, -0.05) is 204 Å². The Balaban J connectivity index is 1.03. The van der Waals surface area contributed by atoms with Crippen LogP contribution < -0.4 is 11.1 Å². The van der Waals surface area contributed by atoms with E-state index >= 15 is 0 Å². The molecule has 0 saturated carbocycles. The summed E-state index contributed by atoms with van der Waals surface area (Å²) in [5, 5.41) is 6.39. The molecule has 0 saturated heterocycles. The van der Waals surface area contributed by atoms with E-state index in [4.69, 9.17) is 5.73 Å². The van der Waals surface area contributed by atoms with Gasteiger partial charge in [0.05, 0.1) is 12.2 Å². The highest BCUT2D eigenvalue weighted by molar-refractivity contribution is 5.99. The van der Waals surface area contributed by atoms with Gasteiger partial charge in [-0.25, -0.2) is 0 Å². The SMILES string of the molecule is CC1(C)c2cc3ccccc3cc2-c2c(-c3ccc(/C=C/C(NC(N)c4ccccc4)c4ccccc4-c4cccc5c4-c4ccccc4C5(C)C)cc3)cccc21. The van der Waals surface area contributed by atoms with E-state index in [1.54, 1.807) is 0 Å². The first kappa shape index (κ1) is 36.0. The highest BCUT2D eigenvalue weighted by Gasteiger charge is 2.38. The van der Waals surface area contributed by atoms with Crippen molar-refractivity contribution in [3.63, 3.8) is 0 Å². The second-order valence-electron chi connectivity index (χ2n) is 17.1. The van der Waals surface area contributed by atoms with Crippen molar-refractivity contribution >= 4 is 16.8 Å². The number of rotatable bonds is 8. The molecule has 2 heteroatoms. The van der Waals surface area contributed by atoms with Gasteiger partial charge < -0.3 is 5.73 Å². The van der Waals surface area contributed by atoms with Gasteiger partial charge in [0.1, 0.15) is 0 Å². The highest BCUT2D eigenvalue weighted by Crippen LogP contribution is 2.54. The second kappa shape index (κ2) is 14.0. The smallest absolute Gasteiger partial charge is 0.0817 e. The maximum Gasteiger partial charge on any atom is 0.0817 e. The minimum atomic E-state index is -0.364. The molecular weight excluding hydrogens is 701 g/mol. The summed E-state index contributed by atoms with van der Waals surface area (Å²) in [6.45, 7) is 9.41. The fraction of sp³-hybridized carbons (Fsp3) is 0.143. The zero-order valence-electron chi connectivity index (χ0n) is 33.6. The summed E-state index contributed by atoms with van der Waals surface area (Å²) >= 11 is 0. The van der Waals surface area contributed by atoms with E-state index in [1.165, 1.54) is 83.1 Å². The van der Waals surface area contributed by atoms with E-state index in [9.17, 15) is 0 Å². The van der Waals surface area contributed by atoms with E-state index in [2.05, 4.69) is 203 Å². The Bertz CT molecular complexity index is 2880. The first-order valence-corrected chi connectivity index (χ1v) is 20.6. The Morgan fingerprint density at radius 1 is 0.466 bits per heavy atom. The van der Waals surface area contributed by atoms with E-state index in [0.717, 1.165) is 11.1 Å². The predicted molar refractivity (Wildman–Crippen MR) is 245 cm³/mol. The van der Waals surface area contributed by atoms with Crippen LogP contribution in [0.5, 0.6) is 0 Å². The summed E-state index contributed by atoms with van der Waals surface area (Å²) < 4.78 is 0. The summed E-state index contributed by atoms with van der Waals surface area (Å²) in [7, 11) is 0. The molecule has 0 fully saturated rings. The summed E-state index contributed by atoms with van der Waals surface area (Å²) in [4.78, 5) is 0. The molecule has 0 spiro atoms. The lowest BCUT2D eigenvalue weighted by molar-refractivity contribution is 0.510. The molecule has 2 nitrogen and oxygen atoms in total. The predicted octanol–water partition coefficient (Wildman–Crippen LogP) is 13.8. The Morgan fingerprint density at radius 3 is 1.76 bits per heavy atom. The standard InChI is InChI=1S/C56H48N2/c1-55(2)47-25-13-12-22-45(47)53-44(24-15-27-49(53)55)42-20-10-11-21-43(42)51(58-54(57)38-16-6-5-7-17-38)33-30-36-28-31-37(32-29-36)41-23-14-26-48-52(41)46-34-39-18-8-9-19-40(39)35-50(46)56(48,3)4/h5-35,51,54,58H,57H2,1-4H3/b33-30+. The molecule has 0 amide bonds. The molecule has 2 unspecified atom stereocenters. The topological polar surface area (TPSA) is 38.0 Å². The van der Waals surface area contributed by atoms with Gasteiger partial charge in [0.25, 0.3) is 0 Å². The molecule has 58 heavy (non-hydrogen) atoms. The Labute approximate surface area is 342 Å². The van der Waals surface area contributed by atoms with Gasteiger partial charge >= 0.3 is 0 Å². The van der Waals surface area contributed by atoms with Gasteiger partial charge in [0, 0.05) is 10.8 Å². The summed E-state index contributed by atoms with van der Waals surface area (Å²) in [5.74, 6) is 0. The van der Waals surface area contributed by atoms with Crippen molar-refractivity contribution in [2.45, 2.75) is 50.7 Å². The van der Waals surface area contributed by atoms with Crippen LogP contribution in [0.2, 0.25) is 0 Å². The first-order valence-electron chi connectivity index (χ1n) is 20.6. The van der Waals surface area contributed by atoms with Crippen molar-refractivity contribution in [2.75, 3.05) is 0 Å². The molecule has 2 aliphatic carbocycles. The normalized spacial score (nSPS) is 15.5. The maximum absolute atomic E-state index is 6.95. The van der Waals surface area contributed by atoms with Crippen LogP contribution in [0.25, 0.3) is 61.4 Å². The summed E-state index contributed by atoms with van der Waals surface area (Å²) in [5.41, 5.74) is 26.0. The summed E-state index contributed by atoms with van der Waals surface area (Å²) in [6, 6.07) is 64.1. The zero-order valence-corrected chi connectivity index (χ0v) is 33.6. The van der Waals surface area contributed by atoms with Crippen molar-refractivity contribution in [2.24, 2.45) is 5.73 Å². The van der Waals surface area contributed by atoms with E-state index in [0.29, 0.717) is 0 Å². The molecular formula is C56H48N2. The molecule has 8 aromatic carbocycles. The third kappa shape index (κ3) is 5.86. The lowest BCUT2D eigenvalue weighted by Crippen LogP contribution is -2.31. The fourth-order valence-electron chi connectivity index (χ4n) is 9.89. The van der Waals surface area contributed by atoms with Crippen LogP contribution in [-0.4, -0.2) is 0 Å². The largest absolute Gasteiger partial charge is 0.312 e. The van der Waals surface area contributed by atoms with E-state index in [1.807, 2.05) is 18.2 Å². The van der Waals surface area contributed by atoms with Crippen LogP contribution in [0.15, 0.2) is 182 Å². The van der Waals surface area contributed by atoms with Gasteiger partial charge in [0.15, 0.2) is 0 Å². The minimum absolute atomic E-state index is 0.0777. The van der Waals surface area contributed by atoms with Gasteiger partial charge in [-0.05, 0) is 106 Å². The molecule has 282 valence electrons. The molecule has 8 aromatic rings. The molecule has 2 aliphatic rings. The van der Waals surface area contributed by atoms with Gasteiger partial charge in [-0.15, -0.1) is 0 Å². The lowest BCUT2D eigenvalue weighted by Gasteiger charge is -2.25. The Kier molecular flexibility index (Phi) is 8.67. The quantitative estimate of drug-likeness (QED) is 0.152. The zero-order chi connectivity index (χ0) is 39.6. The number of hydrogen-bond acceptors (Lipinski definition) is 2. The van der Waals surface area contributed by atoms with Crippen LogP contribution in [0.4, 0.5) is 0 Å². The van der Waals surface area contributed by atoms with Gasteiger partial charge in [-0.2, -0.15) is 0 Å². The maximum atomic E-state index is 6.95. The second-order valence-corrected chi connectivity index (χ2v) is 17.1. The number of hydrogen-bond donors (Lipinski definition) is 2. The average molecular weight is 749 g/mol. The molecule has 10 rings (SSSR count). The third-order valence-corrected chi connectivity index (χ3v) is 13.0. The van der Waals surface area contributed by atoms with Crippen molar-refractivity contribution in [1.82, 2.24) is 5.32 Å². The molecule has 0 aliphatic heterocycles. The average Bonchev–Trinajstić information content (AvgIpc) is 3.64. The van der Waals surface area contributed by atoms with Crippen LogP contribution in [0.1, 0.15) is 78.8 Å². The van der Waals surface area contributed by atoms with Crippen LogP contribution in [0, 0.1) is 0 Å². The highest BCUT2D eigenvalue weighted by atomic mass is 15.0. The number of fused-ring (bicyclic) bond motifs is 7. The van der Waals surface area contributed by atoms with E-state index in [-0.39, 0.29) is 23.0 Å². The number of benzene rings is 8. The molecule has 2 atom stereocenters. The Morgan fingerprint density at radius 2 is 1.02 bits per heavy atom. The van der Waals surface area contributed by atoms with Crippen LogP contribution >= 0.6 is 0 Å². The van der Waals surface area contributed by atoms with E-state index < -0.39 is 0 Å². The van der Waals surface area contributed by atoms with Gasteiger partial charge in [-0.3, -0.25) is 5.32 Å². The van der Waals surface area contributed by atoms with Crippen LogP contribution in [0.3, 0.4) is 0 Å². The molecule has 0 bridgehead atoms. The van der Waals surface area contributed by atoms with Crippen molar-refractivity contribution in [1.29, 1.82) is 0 Å². The molecule has 0 aromatic heterocycles. The fourth-order valence-corrected chi connectivity index (χ4v) is 9.89.